The zero-order chi connectivity index (χ0) is 25.2. The molecule has 3 aromatic rings. The SMILES string of the molecule is C.C.Cc1ccccn1.Cc1ccccn1.Cc1ccccn1.[CH3-].[Cl][Pt]([Cl])[Cl].[Cl][Pt]([I])[I].[Cl][Pt][I].[I-].[Na+]. The average Bonchev–Trinajstić information content (AvgIpc) is 2.71. The third kappa shape index (κ3) is 74.1. The van der Waals surface area contributed by atoms with E-state index in [1.54, 1.807) is 18.6 Å². The third-order valence-electron chi connectivity index (χ3n) is 2.44. The summed E-state index contributed by atoms with van der Waals surface area (Å²) in [5.41, 5.74) is 3.22. The Labute approximate surface area is 336 Å². The van der Waals surface area contributed by atoms with Gasteiger partial charge in [0.25, 0.3) is 0 Å². The van der Waals surface area contributed by atoms with Crippen LogP contribution in [0.5, 0.6) is 0 Å². The number of rotatable bonds is 0. The largest absolute Gasteiger partial charge is 1.00 e. The first-order valence-corrected chi connectivity index (χ1v) is 41.2. The Hall–Kier alpha value is 4.88. The number of hydrogen-bond donors (Lipinski definition) is 0. The van der Waals surface area contributed by atoms with Crippen molar-refractivity contribution < 1.29 is 90.5 Å². The van der Waals surface area contributed by atoms with Crippen molar-refractivity contribution in [1.82, 2.24) is 15.0 Å². The van der Waals surface area contributed by atoms with Gasteiger partial charge in [-0.25, -0.2) is 0 Å². The van der Waals surface area contributed by atoms with Crippen LogP contribution in [-0.4, -0.2) is 15.0 Å². The van der Waals surface area contributed by atoms with Crippen LogP contribution in [0.2, 0.25) is 0 Å². The van der Waals surface area contributed by atoms with E-state index in [4.69, 9.17) is 47.1 Å². The molecule has 0 atom stereocenters. The number of hydrogen-bond acceptors (Lipinski definition) is 3. The molecule has 0 aliphatic rings. The number of halogens is 9. The van der Waals surface area contributed by atoms with Gasteiger partial charge in [-0.3, -0.25) is 15.0 Å². The maximum atomic E-state index is 5.41. The number of pyridine rings is 3. The summed E-state index contributed by atoms with van der Waals surface area (Å²) in [6, 6.07) is 17.6. The minimum absolute atomic E-state index is 0. The molecule has 0 amide bonds. The monoisotopic (exact) mass is 1620 g/mol. The molecule has 3 rings (SSSR count). The van der Waals surface area contributed by atoms with Gasteiger partial charge in [-0.1, -0.05) is 33.1 Å². The van der Waals surface area contributed by atoms with Crippen LogP contribution in [0.4, 0.5) is 0 Å². The topological polar surface area (TPSA) is 38.7 Å². The summed E-state index contributed by atoms with van der Waals surface area (Å²) in [4.78, 5) is 11.9. The van der Waals surface area contributed by atoms with E-state index in [1.807, 2.05) is 75.4 Å². The van der Waals surface area contributed by atoms with Gasteiger partial charge in [-0.2, -0.15) is 0 Å². The summed E-state index contributed by atoms with van der Waals surface area (Å²) in [7, 11) is 24.5. The third-order valence-corrected chi connectivity index (χ3v) is 2.44. The van der Waals surface area contributed by atoms with Crippen LogP contribution in [0.15, 0.2) is 73.2 Å². The second kappa shape index (κ2) is 50.5. The molecule has 0 saturated heterocycles. The summed E-state index contributed by atoms with van der Waals surface area (Å²) in [6.07, 6.45) is 5.36. The van der Waals surface area contributed by atoms with E-state index in [1.165, 1.54) is 0 Å². The fraction of sp³-hybridized carbons (Fsp3) is 0.238. The van der Waals surface area contributed by atoms with Gasteiger partial charge in [0, 0.05) is 35.7 Å². The van der Waals surface area contributed by atoms with Gasteiger partial charge in [-0.15, -0.1) is 0 Å². The Morgan fingerprint density at radius 2 is 0.838 bits per heavy atom. The predicted molar refractivity (Wildman–Crippen MR) is 178 cm³/mol. The molecule has 3 nitrogen and oxygen atoms in total. The Morgan fingerprint density at radius 3 is 0.892 bits per heavy atom. The van der Waals surface area contributed by atoms with E-state index in [0.29, 0.717) is 0 Å². The summed E-state index contributed by atoms with van der Waals surface area (Å²) >= 11 is 4.84. The Bertz CT molecular complexity index is 638. The molecule has 3 heterocycles. The second-order valence-electron chi connectivity index (χ2n) is 4.73. The Morgan fingerprint density at radius 1 is 0.676 bits per heavy atom. The van der Waals surface area contributed by atoms with Crippen molar-refractivity contribution in [2.75, 3.05) is 0 Å². The average molecular weight is 1620 g/mol. The van der Waals surface area contributed by atoms with Crippen LogP contribution in [0, 0.1) is 28.2 Å². The van der Waals surface area contributed by atoms with Gasteiger partial charge in [0.1, 0.15) is 0 Å². The summed E-state index contributed by atoms with van der Waals surface area (Å²) in [5, 5.41) is 0. The number of aromatic nitrogens is 3. The maximum Gasteiger partial charge on any atom is 1.00 e. The van der Waals surface area contributed by atoms with Crippen molar-refractivity contribution in [3.8, 4) is 0 Å². The molecule has 226 valence electrons. The first-order valence-electron chi connectivity index (χ1n) is 7.77. The zero-order valence-electron chi connectivity index (χ0n) is 19.1. The molecule has 37 heavy (non-hydrogen) atoms. The molecular weight excluding hydrogens is 1590 g/mol. The van der Waals surface area contributed by atoms with E-state index in [-0.39, 0.29) is 89.7 Å². The molecule has 0 spiro atoms. The van der Waals surface area contributed by atoms with E-state index < -0.39 is 23.1 Å². The van der Waals surface area contributed by atoms with Crippen LogP contribution in [0.3, 0.4) is 0 Å². The molecule has 0 unspecified atom stereocenters. The molecule has 16 heteroatoms. The summed E-state index contributed by atoms with van der Waals surface area (Å²) < 4.78 is 0. The first-order chi connectivity index (χ1) is 15.1. The van der Waals surface area contributed by atoms with Crippen LogP contribution in [0.25, 0.3) is 0 Å². The van der Waals surface area contributed by atoms with Crippen LogP contribution < -0.4 is 53.5 Å². The molecule has 0 radical (unpaired) electrons. The van der Waals surface area contributed by atoms with Crippen molar-refractivity contribution in [2.45, 2.75) is 35.6 Å². The van der Waals surface area contributed by atoms with Gasteiger partial charge in [0.2, 0.25) is 0 Å². The molecule has 3 aromatic heterocycles. The van der Waals surface area contributed by atoms with Crippen LogP contribution in [0.1, 0.15) is 31.9 Å². The standard InChI is InChI=1S/3C6H7N.2CH4.CH3.5ClH.4HI.Na.3Pt/c3*1-6-4-2-3-5-7-6;;;;;;;;;;;;;;;;/h3*2-5H,1H3;2*1H4;1H3;9*1H;;;;/q;;;;;-1;;;;;;;;;;+1;+2;2*+3/p-9. The molecule has 0 saturated carbocycles. The van der Waals surface area contributed by atoms with E-state index >= 15 is 0 Å². The van der Waals surface area contributed by atoms with E-state index in [2.05, 4.69) is 73.0 Å². The van der Waals surface area contributed by atoms with Gasteiger partial charge < -0.3 is 31.4 Å². The molecule has 0 bridgehead atoms. The van der Waals surface area contributed by atoms with Gasteiger partial charge >= 0.3 is 172 Å². The number of aryl methyl sites for hydroxylation is 3. The minimum atomic E-state index is -1.85. The molecule has 0 aliphatic heterocycles. The smallest absolute Gasteiger partial charge is 1.00 e. The first kappa shape index (κ1) is 61.0. The van der Waals surface area contributed by atoms with E-state index in [0.717, 1.165) is 17.1 Å². The fourth-order valence-electron chi connectivity index (χ4n) is 1.34. The molecule has 0 fully saturated rings. The minimum Gasteiger partial charge on any atom is -1.00 e. The summed E-state index contributed by atoms with van der Waals surface area (Å²) in [5.74, 6) is 0. The molecule has 0 aromatic carbocycles. The number of nitrogens with zero attached hydrogens (tertiary/aromatic N) is 3. The van der Waals surface area contributed by atoms with Crippen LogP contribution in [-0.2, 0) is 36.9 Å². The van der Waals surface area contributed by atoms with Gasteiger partial charge in [-0.05, 0) is 57.2 Å². The van der Waals surface area contributed by atoms with Crippen molar-refractivity contribution >= 4 is 105 Å². The molecule has 0 N–H and O–H groups in total. The normalized spacial score (nSPS) is 7.97. The van der Waals surface area contributed by atoms with Crippen LogP contribution >= 0.6 is 105 Å². The maximum absolute atomic E-state index is 5.41. The van der Waals surface area contributed by atoms with Crippen molar-refractivity contribution in [3.05, 3.63) is 97.7 Å². The van der Waals surface area contributed by atoms with E-state index in [9.17, 15) is 0 Å². The fourth-order valence-corrected chi connectivity index (χ4v) is 1.34. The molecular formula is C21H32Cl5I4N3NaPt3-. The quantitative estimate of drug-likeness (QED) is 0.158. The molecule has 0 aliphatic carbocycles. The van der Waals surface area contributed by atoms with Gasteiger partial charge in [0.05, 0.1) is 0 Å². The Balaban J connectivity index is -0.0000000455. The van der Waals surface area contributed by atoms with Crippen molar-refractivity contribution in [3.63, 3.8) is 0 Å². The second-order valence-corrected chi connectivity index (χ2v) is 53.4. The van der Waals surface area contributed by atoms with Crippen molar-refractivity contribution in [2.24, 2.45) is 0 Å². The zero-order valence-corrected chi connectivity index (χ0v) is 40.3. The Kier molecular flexibility index (Phi) is 83.2. The van der Waals surface area contributed by atoms with Crippen molar-refractivity contribution in [1.29, 1.82) is 0 Å². The predicted octanol–water partition coefficient (Wildman–Crippen LogP) is 6.00. The van der Waals surface area contributed by atoms with Gasteiger partial charge in [0.15, 0.2) is 0 Å². The summed E-state index contributed by atoms with van der Waals surface area (Å²) in [6.45, 7) is 5.92.